The molecule has 0 radical (unpaired) electrons. The lowest BCUT2D eigenvalue weighted by Gasteiger charge is -2.30. The van der Waals surface area contributed by atoms with E-state index in [1.807, 2.05) is 31.2 Å². The number of hydrogen-bond donors (Lipinski definition) is 3. The Morgan fingerprint density at radius 2 is 1.69 bits per heavy atom. The number of nitrogens with two attached hydrogens (primary N) is 1. The van der Waals surface area contributed by atoms with E-state index in [-0.39, 0.29) is 0 Å². The van der Waals surface area contributed by atoms with Crippen molar-refractivity contribution in [1.82, 2.24) is 0 Å². The molecule has 6 nitrogen and oxygen atoms in total. The van der Waals surface area contributed by atoms with Crippen LogP contribution in [0.4, 0.5) is 11.4 Å². The number of nitrogens with zero attached hydrogens (tertiary/aromatic N) is 1. The van der Waals surface area contributed by atoms with Gasteiger partial charge in [0.2, 0.25) is 0 Å². The minimum absolute atomic E-state index is 0.428. The van der Waals surface area contributed by atoms with E-state index in [4.69, 9.17) is 5.73 Å². The summed E-state index contributed by atoms with van der Waals surface area (Å²) in [4.78, 5) is 28.8. The van der Waals surface area contributed by atoms with Crippen LogP contribution in [0.1, 0.15) is 18.9 Å². The van der Waals surface area contributed by atoms with Gasteiger partial charge in [0.05, 0.1) is 5.54 Å². The number of carbonyl (C=O) groups is 2. The molecule has 0 fully saturated rings. The van der Waals surface area contributed by atoms with Crippen molar-refractivity contribution < 1.29 is 9.59 Å². The second-order valence-electron chi connectivity index (χ2n) is 6.18. The lowest BCUT2D eigenvalue weighted by Crippen LogP contribution is -2.30. The van der Waals surface area contributed by atoms with Crippen molar-refractivity contribution in [3.05, 3.63) is 60.2 Å². The van der Waals surface area contributed by atoms with Gasteiger partial charge in [-0.1, -0.05) is 42.1 Å². The number of amidine groups is 1. The Kier molecular flexibility index (Phi) is 5.27. The number of carbonyl (C=O) groups excluding carboxylic acids is 2. The number of benzene rings is 2. The predicted molar refractivity (Wildman–Crippen MR) is 106 cm³/mol. The maximum atomic E-state index is 12.2. The first-order valence-corrected chi connectivity index (χ1v) is 9.21. The van der Waals surface area contributed by atoms with E-state index < -0.39 is 17.4 Å². The van der Waals surface area contributed by atoms with Crippen molar-refractivity contribution in [2.45, 2.75) is 18.9 Å². The van der Waals surface area contributed by atoms with Gasteiger partial charge in [0.25, 0.3) is 0 Å². The minimum Gasteiger partial charge on any atom is -0.379 e. The topological polar surface area (TPSA) is 96.6 Å². The maximum absolute atomic E-state index is 12.2. The van der Waals surface area contributed by atoms with E-state index in [0.717, 1.165) is 17.7 Å². The van der Waals surface area contributed by atoms with Crippen LogP contribution in [0.25, 0.3) is 0 Å². The molecule has 1 aliphatic heterocycles. The molecule has 1 aliphatic rings. The number of amides is 2. The van der Waals surface area contributed by atoms with Crippen LogP contribution in [0.2, 0.25) is 0 Å². The Morgan fingerprint density at radius 3 is 2.38 bits per heavy atom. The zero-order chi connectivity index (χ0) is 18.6. The average molecular weight is 368 g/mol. The Labute approximate surface area is 156 Å². The van der Waals surface area contributed by atoms with Gasteiger partial charge in [0.1, 0.15) is 0 Å². The molecule has 1 atom stereocenters. The monoisotopic (exact) mass is 368 g/mol. The van der Waals surface area contributed by atoms with Crippen LogP contribution in [-0.4, -0.2) is 22.7 Å². The lowest BCUT2D eigenvalue weighted by atomic mass is 9.89. The van der Waals surface area contributed by atoms with Crippen LogP contribution in [0.15, 0.2) is 59.6 Å². The maximum Gasteiger partial charge on any atom is 0.314 e. The molecule has 2 amide bonds. The quantitative estimate of drug-likeness (QED) is 0.726. The molecule has 0 spiro atoms. The summed E-state index contributed by atoms with van der Waals surface area (Å²) in [6, 6.07) is 16.2. The fourth-order valence-electron chi connectivity index (χ4n) is 2.72. The molecular formula is C19H20N4O2S. The summed E-state index contributed by atoms with van der Waals surface area (Å²) in [6.07, 6.45) is 0.851. The number of anilines is 2. The molecular weight excluding hydrogens is 348 g/mol. The second-order valence-corrected chi connectivity index (χ2v) is 7.29. The normalized spacial score (nSPS) is 19.3. The lowest BCUT2D eigenvalue weighted by molar-refractivity contribution is -0.132. The van der Waals surface area contributed by atoms with Gasteiger partial charge in [0, 0.05) is 17.1 Å². The summed E-state index contributed by atoms with van der Waals surface area (Å²) in [5, 5.41) is 5.76. The van der Waals surface area contributed by atoms with E-state index in [9.17, 15) is 9.59 Å². The van der Waals surface area contributed by atoms with Gasteiger partial charge < -0.3 is 16.4 Å². The van der Waals surface area contributed by atoms with Crippen molar-refractivity contribution >= 4 is 40.1 Å². The third-order valence-electron chi connectivity index (χ3n) is 4.18. The Hall–Kier alpha value is -2.80. The van der Waals surface area contributed by atoms with Gasteiger partial charge >= 0.3 is 11.8 Å². The fourth-order valence-corrected chi connectivity index (χ4v) is 3.70. The molecule has 2 aromatic carbocycles. The zero-order valence-corrected chi connectivity index (χ0v) is 15.2. The molecule has 7 heteroatoms. The average Bonchev–Trinajstić information content (AvgIpc) is 2.62. The SMILES string of the molecule is CC1(c2cccc(NC(=O)C(=O)Nc3ccccc3)c2)CCSC(N)=N1. The van der Waals surface area contributed by atoms with E-state index in [1.165, 1.54) is 11.8 Å². The van der Waals surface area contributed by atoms with E-state index >= 15 is 0 Å². The zero-order valence-electron chi connectivity index (χ0n) is 14.4. The Balaban J connectivity index is 1.71. The first-order valence-electron chi connectivity index (χ1n) is 8.22. The van der Waals surface area contributed by atoms with Crippen molar-refractivity contribution in [2.75, 3.05) is 16.4 Å². The summed E-state index contributed by atoms with van der Waals surface area (Å²) >= 11 is 1.54. The van der Waals surface area contributed by atoms with Crippen molar-refractivity contribution in [1.29, 1.82) is 0 Å². The van der Waals surface area contributed by atoms with Crippen LogP contribution in [-0.2, 0) is 15.1 Å². The van der Waals surface area contributed by atoms with Crippen LogP contribution in [0.3, 0.4) is 0 Å². The van der Waals surface area contributed by atoms with Gasteiger partial charge in [-0.3, -0.25) is 14.6 Å². The highest BCUT2D eigenvalue weighted by Crippen LogP contribution is 2.35. The molecule has 0 bridgehead atoms. The molecule has 4 N–H and O–H groups in total. The highest BCUT2D eigenvalue weighted by atomic mass is 32.2. The molecule has 1 unspecified atom stereocenters. The number of rotatable bonds is 3. The van der Waals surface area contributed by atoms with E-state index in [0.29, 0.717) is 16.5 Å². The predicted octanol–water partition coefficient (Wildman–Crippen LogP) is 2.93. The third kappa shape index (κ3) is 4.23. The Bertz CT molecular complexity index is 854. The summed E-state index contributed by atoms with van der Waals surface area (Å²) < 4.78 is 0. The van der Waals surface area contributed by atoms with Crippen LogP contribution < -0.4 is 16.4 Å². The molecule has 0 aliphatic carbocycles. The number of nitrogens with one attached hydrogen (secondary N) is 2. The Morgan fingerprint density at radius 1 is 1.04 bits per heavy atom. The van der Waals surface area contributed by atoms with Crippen molar-refractivity contribution in [3.63, 3.8) is 0 Å². The third-order valence-corrected chi connectivity index (χ3v) is 4.97. The van der Waals surface area contributed by atoms with Crippen LogP contribution >= 0.6 is 11.8 Å². The van der Waals surface area contributed by atoms with Gasteiger partial charge in [-0.25, -0.2) is 0 Å². The van der Waals surface area contributed by atoms with Gasteiger partial charge in [-0.15, -0.1) is 0 Å². The second kappa shape index (κ2) is 7.61. The molecule has 3 rings (SSSR count). The van der Waals surface area contributed by atoms with E-state index in [2.05, 4.69) is 15.6 Å². The molecule has 1 heterocycles. The number of aliphatic imine (C=N–C) groups is 1. The summed E-state index contributed by atoms with van der Waals surface area (Å²) in [7, 11) is 0. The number of thioether (sulfide) groups is 1. The molecule has 134 valence electrons. The first kappa shape index (κ1) is 18.0. The standard InChI is InChI=1S/C19H20N4O2S/c1-19(10-11-26-18(20)23-19)13-6-5-9-15(12-13)22-17(25)16(24)21-14-7-3-2-4-8-14/h2-9,12H,10-11H2,1H3,(H2,20,23)(H,21,24)(H,22,25). The van der Waals surface area contributed by atoms with Crippen molar-refractivity contribution in [2.24, 2.45) is 10.7 Å². The summed E-state index contributed by atoms with van der Waals surface area (Å²) in [6.45, 7) is 2.02. The van der Waals surface area contributed by atoms with Crippen molar-refractivity contribution in [3.8, 4) is 0 Å². The van der Waals surface area contributed by atoms with Gasteiger partial charge in [0.15, 0.2) is 5.17 Å². The molecule has 26 heavy (non-hydrogen) atoms. The largest absolute Gasteiger partial charge is 0.379 e. The smallest absolute Gasteiger partial charge is 0.314 e. The number of para-hydroxylation sites is 1. The van der Waals surface area contributed by atoms with Crippen LogP contribution in [0, 0.1) is 0 Å². The first-order chi connectivity index (χ1) is 12.5. The molecule has 0 saturated heterocycles. The number of hydrogen-bond acceptors (Lipinski definition) is 5. The van der Waals surface area contributed by atoms with Gasteiger partial charge in [-0.2, -0.15) is 0 Å². The summed E-state index contributed by atoms with van der Waals surface area (Å²) in [5.41, 5.74) is 7.50. The molecule has 2 aromatic rings. The van der Waals surface area contributed by atoms with Crippen LogP contribution in [0.5, 0.6) is 0 Å². The van der Waals surface area contributed by atoms with E-state index in [1.54, 1.807) is 30.3 Å². The highest BCUT2D eigenvalue weighted by Gasteiger charge is 2.29. The fraction of sp³-hybridized carbons (Fsp3) is 0.211. The molecule has 0 saturated carbocycles. The molecule has 0 aromatic heterocycles. The minimum atomic E-state index is -0.724. The van der Waals surface area contributed by atoms with Gasteiger partial charge in [-0.05, 0) is 43.2 Å². The summed E-state index contributed by atoms with van der Waals surface area (Å²) in [5.74, 6) is -0.551. The highest BCUT2D eigenvalue weighted by molar-refractivity contribution is 8.13.